The zero-order chi connectivity index (χ0) is 10.7. The Bertz CT molecular complexity index is 453. The van der Waals surface area contributed by atoms with Gasteiger partial charge in [0.2, 0.25) is 0 Å². The second-order valence-electron chi connectivity index (χ2n) is 3.21. The van der Waals surface area contributed by atoms with E-state index in [4.69, 9.17) is 0 Å². The lowest BCUT2D eigenvalue weighted by atomic mass is 10.1. The lowest BCUT2D eigenvalue weighted by molar-refractivity contribution is -0.384. The van der Waals surface area contributed by atoms with E-state index in [1.165, 1.54) is 12.1 Å². The minimum Gasteiger partial charge on any atom is -0.258 e. The number of hydrogen-bond donors (Lipinski definition) is 0. The van der Waals surface area contributed by atoms with Crippen molar-refractivity contribution in [2.24, 2.45) is 0 Å². The van der Waals surface area contributed by atoms with Crippen molar-refractivity contribution in [1.29, 1.82) is 0 Å². The number of nitro benzene ring substituents is 1. The average Bonchev–Trinajstić information content (AvgIpc) is 2.71. The van der Waals surface area contributed by atoms with Crippen LogP contribution in [0.15, 0.2) is 54.1 Å². The minimum atomic E-state index is -0.397. The van der Waals surface area contributed by atoms with Gasteiger partial charge in [0, 0.05) is 12.1 Å². The maximum Gasteiger partial charge on any atom is 0.269 e. The first-order chi connectivity index (χ1) is 7.25. The van der Waals surface area contributed by atoms with Crippen LogP contribution in [0.4, 0.5) is 5.69 Å². The molecule has 0 aromatic heterocycles. The summed E-state index contributed by atoms with van der Waals surface area (Å²) in [6, 6.07) is 6.50. The molecular formula is C12H9NO2. The molecule has 0 aliphatic heterocycles. The fourth-order valence-electron chi connectivity index (χ4n) is 1.37. The van der Waals surface area contributed by atoms with Crippen LogP contribution in [-0.2, 0) is 0 Å². The van der Waals surface area contributed by atoms with Crippen molar-refractivity contribution >= 4 is 11.8 Å². The van der Waals surface area contributed by atoms with Crippen LogP contribution in [0.1, 0.15) is 5.56 Å². The number of nitrogens with zero attached hydrogens (tertiary/aromatic N) is 1. The minimum absolute atomic E-state index is 0.120. The summed E-state index contributed by atoms with van der Waals surface area (Å²) in [5.41, 5.74) is 2.19. The van der Waals surface area contributed by atoms with E-state index in [0.29, 0.717) is 0 Å². The third-order valence-corrected chi connectivity index (χ3v) is 2.13. The number of non-ortho nitro benzene ring substituents is 1. The first-order valence-electron chi connectivity index (χ1n) is 4.56. The molecule has 74 valence electrons. The van der Waals surface area contributed by atoms with E-state index in [0.717, 1.165) is 11.1 Å². The third kappa shape index (κ3) is 2.20. The van der Waals surface area contributed by atoms with Crippen molar-refractivity contribution in [3.05, 3.63) is 69.8 Å². The molecule has 2 rings (SSSR count). The molecule has 0 atom stereocenters. The van der Waals surface area contributed by atoms with Gasteiger partial charge in [0.25, 0.3) is 5.69 Å². The first-order valence-corrected chi connectivity index (χ1v) is 4.56. The monoisotopic (exact) mass is 199 g/mol. The zero-order valence-corrected chi connectivity index (χ0v) is 7.96. The molecule has 0 radical (unpaired) electrons. The lowest BCUT2D eigenvalue weighted by Gasteiger charge is -1.94. The molecule has 0 bridgehead atoms. The maximum absolute atomic E-state index is 10.4. The van der Waals surface area contributed by atoms with Gasteiger partial charge in [-0.05, 0) is 29.3 Å². The molecule has 1 aromatic rings. The molecule has 1 aliphatic rings. The summed E-state index contributed by atoms with van der Waals surface area (Å²) >= 11 is 0. The van der Waals surface area contributed by atoms with Gasteiger partial charge in [-0.3, -0.25) is 10.1 Å². The molecule has 1 aromatic carbocycles. The summed E-state index contributed by atoms with van der Waals surface area (Å²) in [7, 11) is 0. The molecule has 0 spiro atoms. The van der Waals surface area contributed by atoms with Gasteiger partial charge in [-0.25, -0.2) is 0 Å². The molecule has 0 saturated heterocycles. The van der Waals surface area contributed by atoms with Crippen LogP contribution >= 0.6 is 0 Å². The predicted octanol–water partition coefficient (Wildman–Crippen LogP) is 3.10. The molecular weight excluding hydrogens is 190 g/mol. The Hall–Kier alpha value is -2.16. The first kappa shape index (κ1) is 9.40. The molecule has 0 unspecified atom stereocenters. The summed E-state index contributed by atoms with van der Waals surface area (Å²) in [5.74, 6) is 0. The normalized spacial score (nSPS) is 13.2. The van der Waals surface area contributed by atoms with E-state index in [2.05, 4.69) is 0 Å². The Balaban J connectivity index is 2.24. The quantitative estimate of drug-likeness (QED) is 0.542. The van der Waals surface area contributed by atoms with Crippen LogP contribution in [-0.4, -0.2) is 4.92 Å². The Labute approximate surface area is 87.2 Å². The van der Waals surface area contributed by atoms with Gasteiger partial charge in [0.1, 0.15) is 0 Å². The van der Waals surface area contributed by atoms with Gasteiger partial charge in [0.15, 0.2) is 0 Å². The highest BCUT2D eigenvalue weighted by Crippen LogP contribution is 2.16. The summed E-state index contributed by atoms with van der Waals surface area (Å²) in [4.78, 5) is 10.0. The lowest BCUT2D eigenvalue weighted by Crippen LogP contribution is -1.86. The van der Waals surface area contributed by atoms with E-state index in [1.54, 1.807) is 12.1 Å². The van der Waals surface area contributed by atoms with Crippen molar-refractivity contribution in [2.45, 2.75) is 0 Å². The number of rotatable bonds is 2. The number of allylic oxidation sites excluding steroid dienone is 5. The van der Waals surface area contributed by atoms with E-state index in [1.807, 2.05) is 30.4 Å². The average molecular weight is 199 g/mol. The number of nitro groups is 1. The summed E-state index contributed by atoms with van der Waals surface area (Å²) in [6.07, 6.45) is 9.86. The highest BCUT2D eigenvalue weighted by atomic mass is 16.6. The van der Waals surface area contributed by atoms with Gasteiger partial charge in [0.05, 0.1) is 4.92 Å². The van der Waals surface area contributed by atoms with E-state index in [9.17, 15) is 10.1 Å². The highest BCUT2D eigenvalue weighted by Gasteiger charge is 2.02. The molecule has 3 nitrogen and oxygen atoms in total. The van der Waals surface area contributed by atoms with Crippen LogP contribution in [0.5, 0.6) is 0 Å². The second-order valence-corrected chi connectivity index (χ2v) is 3.21. The Morgan fingerprint density at radius 1 is 1.07 bits per heavy atom. The fourth-order valence-corrected chi connectivity index (χ4v) is 1.37. The largest absolute Gasteiger partial charge is 0.269 e. The van der Waals surface area contributed by atoms with E-state index in [-0.39, 0.29) is 5.69 Å². The van der Waals surface area contributed by atoms with Gasteiger partial charge in [-0.1, -0.05) is 24.3 Å². The molecule has 0 saturated carbocycles. The van der Waals surface area contributed by atoms with Crippen LogP contribution in [0, 0.1) is 10.1 Å². The van der Waals surface area contributed by atoms with E-state index < -0.39 is 4.92 Å². The Morgan fingerprint density at radius 2 is 1.67 bits per heavy atom. The summed E-state index contributed by atoms with van der Waals surface area (Å²) < 4.78 is 0. The predicted molar refractivity (Wildman–Crippen MR) is 59.4 cm³/mol. The van der Waals surface area contributed by atoms with Crippen molar-refractivity contribution in [3.63, 3.8) is 0 Å². The van der Waals surface area contributed by atoms with Crippen LogP contribution in [0.3, 0.4) is 0 Å². The van der Waals surface area contributed by atoms with Gasteiger partial charge >= 0.3 is 0 Å². The molecule has 3 heteroatoms. The highest BCUT2D eigenvalue weighted by molar-refractivity contribution is 5.62. The summed E-state index contributed by atoms with van der Waals surface area (Å²) in [6.45, 7) is 0. The van der Waals surface area contributed by atoms with Crippen LogP contribution < -0.4 is 0 Å². The standard InChI is InChI=1S/C12H9NO2/c14-13(15)12-7-5-11(6-8-12)9-10-3-1-2-4-10/h1-9H. The maximum atomic E-state index is 10.4. The van der Waals surface area contributed by atoms with Crippen molar-refractivity contribution in [3.8, 4) is 0 Å². The van der Waals surface area contributed by atoms with Crippen LogP contribution in [0.25, 0.3) is 6.08 Å². The number of benzene rings is 1. The molecule has 0 amide bonds. The second kappa shape index (κ2) is 3.92. The van der Waals surface area contributed by atoms with Crippen molar-refractivity contribution in [2.75, 3.05) is 0 Å². The fraction of sp³-hybridized carbons (Fsp3) is 0. The van der Waals surface area contributed by atoms with Crippen molar-refractivity contribution < 1.29 is 4.92 Å². The summed E-state index contributed by atoms with van der Waals surface area (Å²) in [5, 5.41) is 10.4. The van der Waals surface area contributed by atoms with E-state index >= 15 is 0 Å². The third-order valence-electron chi connectivity index (χ3n) is 2.13. The SMILES string of the molecule is O=[N+]([O-])c1ccc(C=C2C=CC=C2)cc1. The molecule has 0 heterocycles. The molecule has 15 heavy (non-hydrogen) atoms. The Morgan fingerprint density at radius 3 is 2.20 bits per heavy atom. The van der Waals surface area contributed by atoms with Gasteiger partial charge in [-0.15, -0.1) is 0 Å². The molecule has 0 fully saturated rings. The van der Waals surface area contributed by atoms with Gasteiger partial charge in [-0.2, -0.15) is 0 Å². The molecule has 0 N–H and O–H groups in total. The Kier molecular flexibility index (Phi) is 2.46. The van der Waals surface area contributed by atoms with Crippen molar-refractivity contribution in [1.82, 2.24) is 0 Å². The van der Waals surface area contributed by atoms with Gasteiger partial charge < -0.3 is 0 Å². The molecule has 1 aliphatic carbocycles. The topological polar surface area (TPSA) is 43.1 Å². The number of hydrogen-bond acceptors (Lipinski definition) is 2. The van der Waals surface area contributed by atoms with Crippen LogP contribution in [0.2, 0.25) is 0 Å². The smallest absolute Gasteiger partial charge is 0.258 e. The zero-order valence-electron chi connectivity index (χ0n) is 7.96.